The highest BCUT2D eigenvalue weighted by molar-refractivity contribution is 5.84. The van der Waals surface area contributed by atoms with Crippen LogP contribution in [0.2, 0.25) is 0 Å². The minimum Gasteiger partial charge on any atom is -0.357 e. The Morgan fingerprint density at radius 1 is 1.00 bits per heavy atom. The van der Waals surface area contributed by atoms with Crippen molar-refractivity contribution in [3.8, 4) is 0 Å². The fourth-order valence-corrected chi connectivity index (χ4v) is 5.24. The standard InChI is InChI=1S/C24H30FN3/c1-17-20-16-19(25)10-11-21(20)27-22(17)23(26-2)12-14-24(15-13-23,28(3)4)18-8-6-5-7-9-18/h5-11,16,26-27H,12-15H2,1-4H3. The Balaban J connectivity index is 1.73. The van der Waals surface area contributed by atoms with Gasteiger partial charge in [0.1, 0.15) is 5.82 Å². The highest BCUT2D eigenvalue weighted by Crippen LogP contribution is 2.49. The zero-order valence-electron chi connectivity index (χ0n) is 17.3. The van der Waals surface area contributed by atoms with Crippen LogP contribution in [0.1, 0.15) is 42.5 Å². The highest BCUT2D eigenvalue weighted by atomic mass is 19.1. The molecule has 0 radical (unpaired) electrons. The van der Waals surface area contributed by atoms with Gasteiger partial charge in [0.25, 0.3) is 0 Å². The summed E-state index contributed by atoms with van der Waals surface area (Å²) in [4.78, 5) is 5.99. The number of rotatable bonds is 4. The van der Waals surface area contributed by atoms with E-state index in [1.54, 1.807) is 6.07 Å². The number of hydrogen-bond acceptors (Lipinski definition) is 2. The van der Waals surface area contributed by atoms with E-state index in [9.17, 15) is 4.39 Å². The van der Waals surface area contributed by atoms with Gasteiger partial charge in [0, 0.05) is 22.1 Å². The topological polar surface area (TPSA) is 31.1 Å². The van der Waals surface area contributed by atoms with Crippen LogP contribution in [0, 0.1) is 12.7 Å². The van der Waals surface area contributed by atoms with E-state index in [0.717, 1.165) is 42.1 Å². The molecule has 0 saturated heterocycles. The lowest BCUT2D eigenvalue weighted by Gasteiger charge is -2.50. The number of benzene rings is 2. The SMILES string of the molecule is CNC1(c2[nH]c3ccc(F)cc3c2C)CCC(c2ccccc2)(N(C)C)CC1. The lowest BCUT2D eigenvalue weighted by molar-refractivity contribution is 0.0545. The van der Waals surface area contributed by atoms with E-state index in [-0.39, 0.29) is 16.9 Å². The number of nitrogens with zero attached hydrogens (tertiary/aromatic N) is 1. The molecule has 0 spiro atoms. The van der Waals surface area contributed by atoms with E-state index < -0.39 is 0 Å². The fourth-order valence-electron chi connectivity index (χ4n) is 5.24. The van der Waals surface area contributed by atoms with Crippen LogP contribution in [0.15, 0.2) is 48.5 Å². The number of halogens is 1. The van der Waals surface area contributed by atoms with Crippen molar-refractivity contribution in [2.24, 2.45) is 0 Å². The summed E-state index contributed by atoms with van der Waals surface area (Å²) < 4.78 is 13.8. The number of aromatic amines is 1. The molecule has 4 heteroatoms. The molecule has 0 bridgehead atoms. The van der Waals surface area contributed by atoms with Gasteiger partial charge in [-0.15, -0.1) is 0 Å². The minimum atomic E-state index is -0.181. The second-order valence-corrected chi connectivity index (χ2v) is 8.44. The Labute approximate surface area is 166 Å². The number of aryl methyl sites for hydroxylation is 1. The maximum Gasteiger partial charge on any atom is 0.123 e. The van der Waals surface area contributed by atoms with Gasteiger partial charge < -0.3 is 10.3 Å². The van der Waals surface area contributed by atoms with E-state index in [4.69, 9.17) is 0 Å². The zero-order chi connectivity index (χ0) is 19.9. The first-order valence-electron chi connectivity index (χ1n) is 10.1. The number of H-pyrrole nitrogens is 1. The van der Waals surface area contributed by atoms with Crippen molar-refractivity contribution in [1.29, 1.82) is 0 Å². The Morgan fingerprint density at radius 3 is 2.29 bits per heavy atom. The van der Waals surface area contributed by atoms with Crippen LogP contribution in [0.5, 0.6) is 0 Å². The molecule has 2 aromatic carbocycles. The molecule has 0 aliphatic heterocycles. The summed E-state index contributed by atoms with van der Waals surface area (Å²) in [6.45, 7) is 2.11. The van der Waals surface area contributed by atoms with E-state index in [2.05, 4.69) is 73.6 Å². The average molecular weight is 380 g/mol. The zero-order valence-corrected chi connectivity index (χ0v) is 17.3. The molecule has 1 aliphatic carbocycles. The van der Waals surface area contributed by atoms with Gasteiger partial charge in [0.2, 0.25) is 0 Å². The maximum atomic E-state index is 13.8. The number of fused-ring (bicyclic) bond motifs is 1. The van der Waals surface area contributed by atoms with Crippen molar-refractivity contribution < 1.29 is 4.39 Å². The van der Waals surface area contributed by atoms with Crippen molar-refractivity contribution in [2.75, 3.05) is 21.1 Å². The molecule has 1 heterocycles. The molecule has 0 atom stereocenters. The van der Waals surface area contributed by atoms with Crippen LogP contribution in [0.4, 0.5) is 4.39 Å². The molecular formula is C24H30FN3. The van der Waals surface area contributed by atoms with Gasteiger partial charge >= 0.3 is 0 Å². The average Bonchev–Trinajstić information content (AvgIpc) is 3.05. The molecule has 1 fully saturated rings. The van der Waals surface area contributed by atoms with Gasteiger partial charge in [0.05, 0.1) is 5.54 Å². The predicted molar refractivity (Wildman–Crippen MR) is 114 cm³/mol. The first-order chi connectivity index (χ1) is 13.4. The molecule has 2 N–H and O–H groups in total. The Morgan fingerprint density at radius 2 is 1.68 bits per heavy atom. The predicted octanol–water partition coefficient (Wildman–Crippen LogP) is 5.06. The van der Waals surface area contributed by atoms with Crippen molar-refractivity contribution >= 4 is 10.9 Å². The summed E-state index contributed by atoms with van der Waals surface area (Å²) in [7, 11) is 6.43. The Kier molecular flexibility index (Phi) is 4.80. The van der Waals surface area contributed by atoms with Crippen LogP contribution < -0.4 is 5.32 Å². The molecule has 148 valence electrons. The van der Waals surface area contributed by atoms with Gasteiger partial charge in [-0.05, 0) is 83.1 Å². The molecule has 28 heavy (non-hydrogen) atoms. The molecular weight excluding hydrogens is 349 g/mol. The normalized spacial score (nSPS) is 25.5. The van der Waals surface area contributed by atoms with Gasteiger partial charge in [-0.2, -0.15) is 0 Å². The van der Waals surface area contributed by atoms with Crippen molar-refractivity contribution in [1.82, 2.24) is 15.2 Å². The maximum absolute atomic E-state index is 13.8. The van der Waals surface area contributed by atoms with Crippen LogP contribution in [-0.2, 0) is 11.1 Å². The number of hydrogen-bond donors (Lipinski definition) is 2. The van der Waals surface area contributed by atoms with E-state index in [1.165, 1.54) is 17.3 Å². The molecule has 3 nitrogen and oxygen atoms in total. The summed E-state index contributed by atoms with van der Waals surface area (Å²) in [5.41, 5.74) is 4.69. The third kappa shape index (κ3) is 2.87. The van der Waals surface area contributed by atoms with Crippen LogP contribution in [0.25, 0.3) is 10.9 Å². The highest BCUT2D eigenvalue weighted by Gasteiger charge is 2.46. The summed E-state index contributed by atoms with van der Waals surface area (Å²) in [5, 5.41) is 4.62. The van der Waals surface area contributed by atoms with Crippen molar-refractivity contribution in [3.05, 3.63) is 71.2 Å². The van der Waals surface area contributed by atoms with E-state index in [1.807, 2.05) is 6.07 Å². The molecule has 3 aromatic rings. The fraction of sp³-hybridized carbons (Fsp3) is 0.417. The van der Waals surface area contributed by atoms with Gasteiger partial charge in [-0.25, -0.2) is 4.39 Å². The monoisotopic (exact) mass is 379 g/mol. The van der Waals surface area contributed by atoms with Crippen molar-refractivity contribution in [3.63, 3.8) is 0 Å². The first kappa shape index (κ1) is 19.2. The first-order valence-corrected chi connectivity index (χ1v) is 10.1. The molecule has 0 unspecified atom stereocenters. The third-order valence-electron chi connectivity index (χ3n) is 7.08. The smallest absolute Gasteiger partial charge is 0.123 e. The summed E-state index contributed by atoms with van der Waals surface area (Å²) in [6.07, 6.45) is 4.17. The summed E-state index contributed by atoms with van der Waals surface area (Å²) in [5.74, 6) is -0.181. The van der Waals surface area contributed by atoms with Gasteiger partial charge in [0.15, 0.2) is 0 Å². The number of aromatic nitrogens is 1. The molecule has 4 rings (SSSR count). The number of nitrogens with one attached hydrogen (secondary N) is 2. The van der Waals surface area contributed by atoms with E-state index in [0.29, 0.717) is 0 Å². The van der Waals surface area contributed by atoms with Crippen molar-refractivity contribution in [2.45, 2.75) is 43.7 Å². The molecule has 1 aliphatic rings. The summed E-state index contributed by atoms with van der Waals surface area (Å²) >= 11 is 0. The van der Waals surface area contributed by atoms with E-state index >= 15 is 0 Å². The second-order valence-electron chi connectivity index (χ2n) is 8.44. The summed E-state index contributed by atoms with van der Waals surface area (Å²) in [6, 6.07) is 15.9. The van der Waals surface area contributed by atoms with Crippen LogP contribution in [-0.4, -0.2) is 31.0 Å². The van der Waals surface area contributed by atoms with Crippen LogP contribution >= 0.6 is 0 Å². The Hall–Kier alpha value is -2.17. The van der Waals surface area contributed by atoms with Gasteiger partial charge in [-0.1, -0.05) is 30.3 Å². The Bertz CT molecular complexity index is 966. The lowest BCUT2D eigenvalue weighted by Crippen LogP contribution is -2.52. The molecule has 1 aromatic heterocycles. The molecule has 0 amide bonds. The largest absolute Gasteiger partial charge is 0.357 e. The molecule has 1 saturated carbocycles. The lowest BCUT2D eigenvalue weighted by atomic mass is 9.67. The minimum absolute atomic E-state index is 0.0492. The second kappa shape index (κ2) is 7.02. The quantitative estimate of drug-likeness (QED) is 0.664. The van der Waals surface area contributed by atoms with Crippen LogP contribution in [0.3, 0.4) is 0 Å². The third-order valence-corrected chi connectivity index (χ3v) is 7.08. The van der Waals surface area contributed by atoms with Gasteiger partial charge in [-0.3, -0.25) is 4.90 Å².